The number of sulfonamides is 1. The molecule has 0 spiro atoms. The van der Waals surface area contributed by atoms with E-state index in [4.69, 9.17) is 4.74 Å². The van der Waals surface area contributed by atoms with Crippen molar-refractivity contribution >= 4 is 42.4 Å². The van der Waals surface area contributed by atoms with Gasteiger partial charge in [0.15, 0.2) is 5.13 Å². The Kier molecular flexibility index (Phi) is 4.90. The zero-order chi connectivity index (χ0) is 15.6. The van der Waals surface area contributed by atoms with Gasteiger partial charge in [-0.1, -0.05) is 22.9 Å². The summed E-state index contributed by atoms with van der Waals surface area (Å²) in [4.78, 5) is 5.38. The topological polar surface area (TPSA) is 68.3 Å². The first-order valence-electron chi connectivity index (χ1n) is 6.20. The molecule has 0 atom stereocenters. The fraction of sp³-hybridized carbons (Fsp3) is 0.308. The molecule has 0 amide bonds. The molecule has 0 aliphatic carbocycles. The van der Waals surface area contributed by atoms with E-state index in [0.29, 0.717) is 9.60 Å². The third kappa shape index (κ3) is 3.56. The number of benzene rings is 1. The van der Waals surface area contributed by atoms with Crippen LogP contribution in [0.4, 0.5) is 5.13 Å². The minimum Gasteiger partial charge on any atom is -0.495 e. The lowest BCUT2D eigenvalue weighted by Crippen LogP contribution is -2.14. The van der Waals surface area contributed by atoms with Crippen LogP contribution in [0.3, 0.4) is 0 Å². The molecule has 1 aromatic carbocycles. The lowest BCUT2D eigenvalue weighted by atomic mass is 10.3. The van der Waals surface area contributed by atoms with E-state index in [2.05, 4.69) is 25.6 Å². The summed E-state index contributed by atoms with van der Waals surface area (Å²) in [7, 11) is -2.31. The maximum atomic E-state index is 12.5. The summed E-state index contributed by atoms with van der Waals surface area (Å²) in [6.07, 6.45) is 0.768. The summed E-state index contributed by atoms with van der Waals surface area (Å²) in [5, 5.41) is 0.367. The van der Waals surface area contributed by atoms with Crippen molar-refractivity contribution < 1.29 is 13.2 Å². The van der Waals surface area contributed by atoms with Gasteiger partial charge in [0.05, 0.1) is 12.8 Å². The van der Waals surface area contributed by atoms with Gasteiger partial charge >= 0.3 is 0 Å². The van der Waals surface area contributed by atoms with Gasteiger partial charge in [-0.2, -0.15) is 0 Å². The van der Waals surface area contributed by atoms with Gasteiger partial charge in [-0.25, -0.2) is 13.4 Å². The molecule has 0 unspecified atom stereocenters. The molecule has 114 valence electrons. The van der Waals surface area contributed by atoms with E-state index >= 15 is 0 Å². The van der Waals surface area contributed by atoms with Crippen LogP contribution >= 0.6 is 27.3 Å². The normalized spacial score (nSPS) is 11.4. The van der Waals surface area contributed by atoms with Gasteiger partial charge in [0.25, 0.3) is 10.0 Å². The Labute approximate surface area is 136 Å². The van der Waals surface area contributed by atoms with Crippen molar-refractivity contribution in [1.29, 1.82) is 0 Å². The summed E-state index contributed by atoms with van der Waals surface area (Å²) >= 11 is 4.59. The molecule has 0 saturated heterocycles. The Morgan fingerprint density at radius 2 is 2.14 bits per heavy atom. The summed E-state index contributed by atoms with van der Waals surface area (Å²) in [6, 6.07) is 4.83. The van der Waals surface area contributed by atoms with Crippen LogP contribution in [0.25, 0.3) is 0 Å². The number of methoxy groups -OCH3 is 1. The van der Waals surface area contributed by atoms with E-state index < -0.39 is 10.0 Å². The number of rotatable bonds is 5. The van der Waals surface area contributed by atoms with Gasteiger partial charge < -0.3 is 4.74 Å². The van der Waals surface area contributed by atoms with Crippen molar-refractivity contribution in [2.24, 2.45) is 0 Å². The first kappa shape index (κ1) is 16.3. The molecule has 0 fully saturated rings. The van der Waals surface area contributed by atoms with E-state index in [-0.39, 0.29) is 10.6 Å². The lowest BCUT2D eigenvalue weighted by molar-refractivity contribution is 0.403. The Hall–Kier alpha value is -1.12. The highest BCUT2D eigenvalue weighted by molar-refractivity contribution is 9.10. The van der Waals surface area contributed by atoms with Gasteiger partial charge in [-0.05, 0) is 31.5 Å². The number of thiazole rings is 1. The molecule has 5 nitrogen and oxygen atoms in total. The first-order chi connectivity index (χ1) is 9.87. The first-order valence-corrected chi connectivity index (χ1v) is 9.29. The molecule has 21 heavy (non-hydrogen) atoms. The molecule has 1 aromatic heterocycles. The highest BCUT2D eigenvalue weighted by Gasteiger charge is 2.22. The minimum atomic E-state index is -3.75. The van der Waals surface area contributed by atoms with Crippen LogP contribution in [0.2, 0.25) is 0 Å². The highest BCUT2D eigenvalue weighted by Crippen LogP contribution is 2.30. The monoisotopic (exact) mass is 390 g/mol. The molecular weight excluding hydrogens is 376 g/mol. The van der Waals surface area contributed by atoms with Gasteiger partial charge in [0.1, 0.15) is 10.6 Å². The molecule has 2 rings (SSSR count). The molecule has 0 aliphatic rings. The largest absolute Gasteiger partial charge is 0.495 e. The van der Waals surface area contributed by atoms with Crippen molar-refractivity contribution in [3.8, 4) is 5.75 Å². The number of halogens is 1. The van der Waals surface area contributed by atoms with Crippen molar-refractivity contribution in [2.75, 3.05) is 11.8 Å². The number of ether oxygens (including phenoxy) is 1. The summed E-state index contributed by atoms with van der Waals surface area (Å²) in [6.45, 7) is 3.91. The van der Waals surface area contributed by atoms with E-state index in [1.54, 1.807) is 12.1 Å². The Morgan fingerprint density at radius 1 is 1.43 bits per heavy atom. The number of nitrogens with zero attached hydrogens (tertiary/aromatic N) is 1. The van der Waals surface area contributed by atoms with Crippen LogP contribution in [-0.2, 0) is 16.4 Å². The SMILES string of the molecule is CCc1nc(NS(=O)(=O)c2cc(Br)ccc2OC)sc1C. The van der Waals surface area contributed by atoms with E-state index in [0.717, 1.165) is 17.0 Å². The molecule has 2 aromatic rings. The third-order valence-electron chi connectivity index (χ3n) is 2.86. The fourth-order valence-electron chi connectivity index (χ4n) is 1.83. The molecule has 0 bridgehead atoms. The lowest BCUT2D eigenvalue weighted by Gasteiger charge is -2.10. The maximum absolute atomic E-state index is 12.5. The Balaban J connectivity index is 2.40. The summed E-state index contributed by atoms with van der Waals surface area (Å²) < 4.78 is 33.3. The minimum absolute atomic E-state index is 0.0743. The molecular formula is C13H15BrN2O3S2. The number of aryl methyl sites for hydroxylation is 2. The Bertz CT molecular complexity index is 757. The predicted molar refractivity (Wildman–Crippen MR) is 87.7 cm³/mol. The van der Waals surface area contributed by atoms with Crippen LogP contribution in [0.15, 0.2) is 27.6 Å². The van der Waals surface area contributed by atoms with E-state index in [9.17, 15) is 8.42 Å². The summed E-state index contributed by atoms with van der Waals surface area (Å²) in [5.74, 6) is 0.287. The predicted octanol–water partition coefficient (Wildman–Crippen LogP) is 3.59. The maximum Gasteiger partial charge on any atom is 0.267 e. The zero-order valence-electron chi connectivity index (χ0n) is 11.8. The second-order valence-electron chi connectivity index (χ2n) is 4.28. The molecule has 8 heteroatoms. The molecule has 0 saturated carbocycles. The second-order valence-corrected chi connectivity index (χ2v) is 8.05. The van der Waals surface area contributed by atoms with Crippen LogP contribution < -0.4 is 9.46 Å². The summed E-state index contributed by atoms with van der Waals surface area (Å²) in [5.41, 5.74) is 0.902. The van der Waals surface area contributed by atoms with Crippen molar-refractivity contribution in [1.82, 2.24) is 4.98 Å². The highest BCUT2D eigenvalue weighted by atomic mass is 79.9. The molecule has 0 aliphatic heterocycles. The number of aromatic nitrogens is 1. The Morgan fingerprint density at radius 3 is 2.71 bits per heavy atom. The third-order valence-corrected chi connectivity index (χ3v) is 5.78. The smallest absolute Gasteiger partial charge is 0.267 e. The van der Waals surface area contributed by atoms with Gasteiger partial charge in [-0.15, -0.1) is 11.3 Å². The van der Waals surface area contributed by atoms with Crippen molar-refractivity contribution in [3.63, 3.8) is 0 Å². The van der Waals surface area contributed by atoms with Crippen molar-refractivity contribution in [2.45, 2.75) is 25.2 Å². The van der Waals surface area contributed by atoms with E-state index in [1.807, 2.05) is 13.8 Å². The quantitative estimate of drug-likeness (QED) is 0.846. The van der Waals surface area contributed by atoms with Gasteiger partial charge in [-0.3, -0.25) is 4.72 Å². The zero-order valence-corrected chi connectivity index (χ0v) is 15.0. The van der Waals surface area contributed by atoms with Crippen molar-refractivity contribution in [3.05, 3.63) is 33.2 Å². The standard InChI is InChI=1S/C13H15BrN2O3S2/c1-4-10-8(2)20-13(15-10)16-21(17,18)12-7-9(14)5-6-11(12)19-3/h5-7H,4H2,1-3H3,(H,15,16). The number of hydrogen-bond donors (Lipinski definition) is 1. The fourth-order valence-corrected chi connectivity index (χ4v) is 4.68. The number of nitrogens with one attached hydrogen (secondary N) is 1. The molecule has 1 N–H and O–H groups in total. The van der Waals surface area contributed by atoms with Gasteiger partial charge in [0.2, 0.25) is 0 Å². The number of anilines is 1. The van der Waals surface area contributed by atoms with Gasteiger partial charge in [0, 0.05) is 9.35 Å². The molecule has 0 radical (unpaired) electrons. The second kappa shape index (κ2) is 6.33. The van der Waals surface area contributed by atoms with Crippen LogP contribution in [0.5, 0.6) is 5.75 Å². The van der Waals surface area contributed by atoms with Crippen LogP contribution in [0.1, 0.15) is 17.5 Å². The average Bonchev–Trinajstić information content (AvgIpc) is 2.77. The van der Waals surface area contributed by atoms with E-state index in [1.165, 1.54) is 24.5 Å². The average molecular weight is 391 g/mol. The molecule has 1 heterocycles. The van der Waals surface area contributed by atoms with Crippen LogP contribution in [-0.4, -0.2) is 20.5 Å². The number of hydrogen-bond acceptors (Lipinski definition) is 5. The van der Waals surface area contributed by atoms with Crippen LogP contribution in [0, 0.1) is 6.92 Å².